The van der Waals surface area contributed by atoms with Crippen molar-refractivity contribution in [2.24, 2.45) is 0 Å². The molecule has 0 unspecified atom stereocenters. The zero-order valence-corrected chi connectivity index (χ0v) is 26.4. The van der Waals surface area contributed by atoms with Gasteiger partial charge in [0.2, 0.25) is 6.79 Å². The van der Waals surface area contributed by atoms with Crippen LogP contribution in [0.25, 0.3) is 5.52 Å². The first-order chi connectivity index (χ1) is 22.4. The molecule has 4 aromatic rings. The zero-order chi connectivity index (χ0) is 33.9. The minimum atomic E-state index is -4.77. The molecule has 1 saturated carbocycles. The van der Waals surface area contributed by atoms with Gasteiger partial charge in [0.1, 0.15) is 17.6 Å². The van der Waals surface area contributed by atoms with Crippen molar-refractivity contribution >= 4 is 48.7 Å². The van der Waals surface area contributed by atoms with Crippen LogP contribution in [0.3, 0.4) is 0 Å². The second-order valence-corrected chi connectivity index (χ2v) is 11.7. The number of imide groups is 1. The second kappa shape index (κ2) is 13.6. The Morgan fingerprint density at radius 3 is 2.40 bits per heavy atom. The lowest BCUT2D eigenvalue weighted by Gasteiger charge is -2.19. The van der Waals surface area contributed by atoms with Gasteiger partial charge in [-0.25, -0.2) is 28.6 Å². The summed E-state index contributed by atoms with van der Waals surface area (Å²) in [4.78, 5) is 74.7. The smallest absolute Gasteiger partial charge is 0.424 e. The number of carbonyl (C=O) groups is 4. The second-order valence-electron chi connectivity index (χ2n) is 10.6. The maximum atomic E-state index is 13.7. The van der Waals surface area contributed by atoms with Gasteiger partial charge >= 0.3 is 19.9 Å². The molecule has 17 heteroatoms. The van der Waals surface area contributed by atoms with Crippen molar-refractivity contribution in [3.63, 3.8) is 0 Å². The molecule has 0 bridgehead atoms. The number of hydrogen-bond acceptors (Lipinski definition) is 11. The number of hydrogen-bond donors (Lipinski definition) is 4. The quantitative estimate of drug-likeness (QED) is 0.102. The van der Waals surface area contributed by atoms with Gasteiger partial charge in [0.25, 0.3) is 11.8 Å². The Bertz CT molecular complexity index is 1900. The van der Waals surface area contributed by atoms with Crippen molar-refractivity contribution in [3.05, 3.63) is 82.8 Å². The fraction of sp³-hybridized carbons (Fsp3) is 0.267. The van der Waals surface area contributed by atoms with Crippen LogP contribution in [0.15, 0.2) is 55.0 Å². The van der Waals surface area contributed by atoms with Crippen molar-refractivity contribution in [2.75, 3.05) is 18.7 Å². The third kappa shape index (κ3) is 7.74. The SMILES string of the molecule is CCNC(=O)c1ccc(C)c(Nc2ncnn3cc(C(=O)N(C(=O)OCOC(=O)c4ccc(OP(=O)(O)O)cc4)C4CC4)c(C)c23)c1. The third-order valence-corrected chi connectivity index (χ3v) is 7.61. The van der Waals surface area contributed by atoms with Gasteiger partial charge in [0.15, 0.2) is 5.82 Å². The van der Waals surface area contributed by atoms with Crippen LogP contribution >= 0.6 is 7.82 Å². The number of nitrogens with one attached hydrogen (secondary N) is 2. The number of phosphoric acid groups is 1. The number of aryl methyl sites for hydroxylation is 2. The highest BCUT2D eigenvalue weighted by Gasteiger charge is 2.40. The summed E-state index contributed by atoms with van der Waals surface area (Å²) in [6.07, 6.45) is 2.94. The summed E-state index contributed by atoms with van der Waals surface area (Å²) >= 11 is 0. The minimum absolute atomic E-state index is 0.00188. The van der Waals surface area contributed by atoms with Gasteiger partial charge in [0.05, 0.1) is 11.1 Å². The highest BCUT2D eigenvalue weighted by atomic mass is 31.2. The molecule has 0 radical (unpaired) electrons. The van der Waals surface area contributed by atoms with Crippen molar-refractivity contribution < 1.29 is 47.5 Å². The number of benzene rings is 2. The standard InChI is InChI=1S/C30H31N6O10P/c1-4-31-27(37)20-6-5-17(2)24(13-20)34-26-25-18(3)23(14-35(25)33-15-32-26)28(38)36(21-9-10-21)30(40)45-16-44-29(39)19-7-11-22(12-8-19)46-47(41,42)43/h5-8,11-15,21H,4,9-10,16H2,1-3H3,(H,31,37)(H,32,33,34)(H2,41,42,43). The maximum absolute atomic E-state index is 13.7. The van der Waals surface area contributed by atoms with Crippen LogP contribution in [0.1, 0.15) is 62.0 Å². The van der Waals surface area contributed by atoms with Gasteiger partial charge in [-0.3, -0.25) is 19.4 Å². The summed E-state index contributed by atoms with van der Waals surface area (Å²) in [5.41, 5.74) is 3.10. The molecule has 0 atom stereocenters. The van der Waals surface area contributed by atoms with E-state index in [1.54, 1.807) is 19.1 Å². The molecule has 16 nitrogen and oxygen atoms in total. The molecule has 2 heterocycles. The van der Waals surface area contributed by atoms with Gasteiger partial charge in [-0.15, -0.1) is 0 Å². The van der Waals surface area contributed by atoms with Gasteiger partial charge in [0, 0.05) is 30.0 Å². The molecule has 2 aromatic carbocycles. The van der Waals surface area contributed by atoms with Crippen LogP contribution in [0, 0.1) is 13.8 Å². The predicted octanol–water partition coefficient (Wildman–Crippen LogP) is 3.87. The molecule has 5 rings (SSSR count). The fourth-order valence-electron chi connectivity index (χ4n) is 4.69. The summed E-state index contributed by atoms with van der Waals surface area (Å²) in [7, 11) is -4.77. The van der Waals surface area contributed by atoms with Gasteiger partial charge in [-0.2, -0.15) is 5.10 Å². The van der Waals surface area contributed by atoms with E-state index in [-0.39, 0.29) is 22.8 Å². The number of esters is 1. The topological polar surface area (TPSA) is 211 Å². The number of carbonyl (C=O) groups excluding carboxylic acids is 4. The van der Waals surface area contributed by atoms with Crippen LogP contribution in [-0.2, 0) is 14.0 Å². The van der Waals surface area contributed by atoms with Crippen LogP contribution < -0.4 is 15.2 Å². The number of ether oxygens (including phenoxy) is 2. The minimum Gasteiger partial charge on any atom is -0.424 e. The Morgan fingerprint density at radius 2 is 1.74 bits per heavy atom. The van der Waals surface area contributed by atoms with Crippen molar-refractivity contribution in [1.29, 1.82) is 0 Å². The van der Waals surface area contributed by atoms with E-state index in [1.807, 2.05) is 19.9 Å². The van der Waals surface area contributed by atoms with Gasteiger partial charge < -0.3 is 24.6 Å². The Balaban J connectivity index is 1.29. The van der Waals surface area contributed by atoms with Crippen LogP contribution in [0.4, 0.5) is 16.3 Å². The van der Waals surface area contributed by atoms with Gasteiger partial charge in [-0.05, 0) is 81.1 Å². The molecule has 0 saturated heterocycles. The Kier molecular flexibility index (Phi) is 9.56. The lowest BCUT2D eigenvalue weighted by molar-refractivity contribution is -0.0110. The molecule has 246 valence electrons. The number of amides is 3. The van der Waals surface area contributed by atoms with Crippen LogP contribution in [-0.4, -0.2) is 72.5 Å². The maximum Gasteiger partial charge on any atom is 0.524 e. The van der Waals surface area contributed by atoms with Crippen molar-refractivity contribution in [3.8, 4) is 5.75 Å². The third-order valence-electron chi connectivity index (χ3n) is 7.16. The molecule has 4 N–H and O–H groups in total. The number of phosphoric ester groups is 1. The summed E-state index contributed by atoms with van der Waals surface area (Å²) in [6.45, 7) is 5.09. The number of anilines is 2. The molecular formula is C30H31N6O10P. The molecule has 0 spiro atoms. The number of nitrogens with zero attached hydrogens (tertiary/aromatic N) is 4. The summed E-state index contributed by atoms with van der Waals surface area (Å²) in [5, 5.41) is 10.2. The van der Waals surface area contributed by atoms with E-state index in [0.29, 0.717) is 47.5 Å². The van der Waals surface area contributed by atoms with Crippen LogP contribution in [0.5, 0.6) is 5.75 Å². The molecule has 3 amide bonds. The fourth-order valence-corrected chi connectivity index (χ4v) is 5.09. The Labute approximate surface area is 267 Å². The lowest BCUT2D eigenvalue weighted by atomic mass is 10.1. The van der Waals surface area contributed by atoms with E-state index in [2.05, 4.69) is 25.2 Å². The highest BCUT2D eigenvalue weighted by Crippen LogP contribution is 2.37. The number of fused-ring (bicyclic) bond motifs is 1. The average molecular weight is 667 g/mol. The first-order valence-electron chi connectivity index (χ1n) is 14.4. The number of aromatic nitrogens is 3. The predicted molar refractivity (Wildman–Crippen MR) is 165 cm³/mol. The monoisotopic (exact) mass is 666 g/mol. The molecule has 47 heavy (non-hydrogen) atoms. The largest absolute Gasteiger partial charge is 0.524 e. The Morgan fingerprint density at radius 1 is 1.04 bits per heavy atom. The lowest BCUT2D eigenvalue weighted by Crippen LogP contribution is -2.39. The van der Waals surface area contributed by atoms with E-state index >= 15 is 0 Å². The first-order valence-corrected chi connectivity index (χ1v) is 15.9. The van der Waals surface area contributed by atoms with Crippen molar-refractivity contribution in [2.45, 2.75) is 39.7 Å². The van der Waals surface area contributed by atoms with E-state index in [9.17, 15) is 23.7 Å². The van der Waals surface area contributed by atoms with E-state index in [1.165, 1.54) is 29.2 Å². The molecule has 0 aliphatic heterocycles. The van der Waals surface area contributed by atoms with E-state index in [4.69, 9.17) is 19.3 Å². The highest BCUT2D eigenvalue weighted by molar-refractivity contribution is 7.46. The molecule has 1 fully saturated rings. The first kappa shape index (κ1) is 33.1. The Hall–Kier alpha value is -5.31. The van der Waals surface area contributed by atoms with Crippen LogP contribution in [0.2, 0.25) is 0 Å². The van der Waals surface area contributed by atoms with E-state index in [0.717, 1.165) is 22.6 Å². The molecule has 1 aliphatic carbocycles. The zero-order valence-electron chi connectivity index (χ0n) is 25.5. The molecule has 2 aromatic heterocycles. The summed E-state index contributed by atoms with van der Waals surface area (Å²) < 4.78 is 27.0. The van der Waals surface area contributed by atoms with Crippen molar-refractivity contribution in [1.82, 2.24) is 24.8 Å². The number of rotatable bonds is 11. The molecular weight excluding hydrogens is 635 g/mol. The van der Waals surface area contributed by atoms with Gasteiger partial charge in [-0.1, -0.05) is 6.07 Å². The normalized spacial score (nSPS) is 12.7. The summed E-state index contributed by atoms with van der Waals surface area (Å²) in [6, 6.07) is 9.57. The van der Waals surface area contributed by atoms with E-state index < -0.39 is 38.6 Å². The average Bonchev–Trinajstić information content (AvgIpc) is 3.79. The summed E-state index contributed by atoms with van der Waals surface area (Å²) in [5.74, 6) is -1.52. The molecule has 1 aliphatic rings.